The lowest BCUT2D eigenvalue weighted by Crippen LogP contribution is -2.15. The van der Waals surface area contributed by atoms with Crippen LogP contribution in [0.1, 0.15) is 67.7 Å². The summed E-state index contributed by atoms with van der Waals surface area (Å²) >= 11 is 0. The molecule has 0 aromatic heterocycles. The van der Waals surface area contributed by atoms with Gasteiger partial charge in [0.15, 0.2) is 0 Å². The zero-order valence-corrected chi connectivity index (χ0v) is 12.0. The molecule has 0 saturated heterocycles. The van der Waals surface area contributed by atoms with Crippen LogP contribution >= 0.6 is 0 Å². The Bertz CT molecular complexity index is 134. The van der Waals surface area contributed by atoms with Crippen LogP contribution in [0.15, 0.2) is 0 Å². The average Bonchev–Trinajstić information content (AvgIpc) is 2.00. The molecular weight excluding hydrogens is 180 g/mol. The standard InChI is InChI=1S/C15H32/c1-11(2)8-15(9-12(3)4)10-14(7)13(5)6/h11-15H,8-10H2,1-7H3. The molecule has 0 aliphatic heterocycles. The summed E-state index contributed by atoms with van der Waals surface area (Å²) in [6.07, 6.45) is 4.25. The maximum atomic E-state index is 2.42. The molecule has 92 valence electrons. The lowest BCUT2D eigenvalue weighted by Gasteiger charge is -2.26. The molecule has 0 fully saturated rings. The van der Waals surface area contributed by atoms with E-state index in [0.717, 1.165) is 29.6 Å². The van der Waals surface area contributed by atoms with Crippen LogP contribution in [-0.2, 0) is 0 Å². The van der Waals surface area contributed by atoms with Crippen LogP contribution in [-0.4, -0.2) is 0 Å². The van der Waals surface area contributed by atoms with E-state index in [1.165, 1.54) is 19.3 Å². The first-order chi connectivity index (χ1) is 6.82. The fourth-order valence-corrected chi connectivity index (χ4v) is 2.42. The summed E-state index contributed by atoms with van der Waals surface area (Å²) in [6, 6.07) is 0. The van der Waals surface area contributed by atoms with Crippen LogP contribution in [0.5, 0.6) is 0 Å². The molecule has 15 heavy (non-hydrogen) atoms. The van der Waals surface area contributed by atoms with Gasteiger partial charge in [-0.05, 0) is 48.9 Å². The first-order valence-electron chi connectivity index (χ1n) is 6.82. The molecule has 0 rings (SSSR count). The molecular formula is C15H32. The lowest BCUT2D eigenvalue weighted by atomic mass is 9.80. The molecule has 1 atom stereocenters. The van der Waals surface area contributed by atoms with Gasteiger partial charge < -0.3 is 0 Å². The molecule has 0 heterocycles. The zero-order chi connectivity index (χ0) is 12.0. The Hall–Kier alpha value is 0. The number of rotatable bonds is 7. The Labute approximate surface area is 97.8 Å². The Morgan fingerprint density at radius 2 is 1.00 bits per heavy atom. The zero-order valence-electron chi connectivity index (χ0n) is 12.0. The van der Waals surface area contributed by atoms with Crippen LogP contribution in [0, 0.1) is 29.6 Å². The minimum atomic E-state index is 0.840. The fourth-order valence-electron chi connectivity index (χ4n) is 2.42. The summed E-state index contributed by atoms with van der Waals surface area (Å²) in [5.41, 5.74) is 0. The van der Waals surface area contributed by atoms with E-state index in [-0.39, 0.29) is 0 Å². The Morgan fingerprint density at radius 1 is 0.600 bits per heavy atom. The van der Waals surface area contributed by atoms with E-state index < -0.39 is 0 Å². The van der Waals surface area contributed by atoms with E-state index in [0.29, 0.717) is 0 Å². The third-order valence-corrected chi connectivity index (χ3v) is 3.45. The Morgan fingerprint density at radius 3 is 1.27 bits per heavy atom. The minimum absolute atomic E-state index is 0.840. The van der Waals surface area contributed by atoms with Gasteiger partial charge in [0.05, 0.1) is 0 Å². The van der Waals surface area contributed by atoms with Gasteiger partial charge in [-0.1, -0.05) is 48.5 Å². The van der Waals surface area contributed by atoms with E-state index in [1.807, 2.05) is 0 Å². The predicted octanol–water partition coefficient (Wildman–Crippen LogP) is 5.38. The molecule has 0 aliphatic rings. The van der Waals surface area contributed by atoms with E-state index >= 15 is 0 Å². The average molecular weight is 212 g/mol. The van der Waals surface area contributed by atoms with Gasteiger partial charge in [0.25, 0.3) is 0 Å². The summed E-state index contributed by atoms with van der Waals surface area (Å²) in [5, 5.41) is 0. The molecule has 0 aromatic carbocycles. The molecule has 1 unspecified atom stereocenters. The minimum Gasteiger partial charge on any atom is -0.0628 e. The molecule has 0 saturated carbocycles. The summed E-state index contributed by atoms with van der Waals surface area (Å²) < 4.78 is 0. The highest BCUT2D eigenvalue weighted by atomic mass is 14.2. The fraction of sp³-hybridized carbons (Fsp3) is 1.00. The van der Waals surface area contributed by atoms with Gasteiger partial charge >= 0.3 is 0 Å². The highest BCUT2D eigenvalue weighted by molar-refractivity contribution is 4.69. The summed E-state index contributed by atoms with van der Waals surface area (Å²) in [7, 11) is 0. The number of hydrogen-bond donors (Lipinski definition) is 0. The second kappa shape index (κ2) is 7.30. The largest absolute Gasteiger partial charge is 0.0628 e. The van der Waals surface area contributed by atoms with Crippen molar-refractivity contribution in [2.24, 2.45) is 29.6 Å². The maximum absolute atomic E-state index is 2.42. The second-order valence-electron chi connectivity index (χ2n) is 6.58. The van der Waals surface area contributed by atoms with Crippen molar-refractivity contribution in [2.75, 3.05) is 0 Å². The predicted molar refractivity (Wildman–Crippen MR) is 71.0 cm³/mol. The number of hydrogen-bond acceptors (Lipinski definition) is 0. The van der Waals surface area contributed by atoms with E-state index in [2.05, 4.69) is 48.5 Å². The first kappa shape index (κ1) is 15.0. The molecule has 0 nitrogen and oxygen atoms in total. The van der Waals surface area contributed by atoms with Crippen LogP contribution < -0.4 is 0 Å². The van der Waals surface area contributed by atoms with Crippen LogP contribution in [0.25, 0.3) is 0 Å². The monoisotopic (exact) mass is 212 g/mol. The summed E-state index contributed by atoms with van der Waals surface area (Å²) in [4.78, 5) is 0. The smallest absolute Gasteiger partial charge is 0.0407 e. The van der Waals surface area contributed by atoms with Crippen molar-refractivity contribution in [1.82, 2.24) is 0 Å². The highest BCUT2D eigenvalue weighted by Crippen LogP contribution is 2.29. The van der Waals surface area contributed by atoms with Gasteiger partial charge in [-0.15, -0.1) is 0 Å². The molecule has 0 amide bonds. The Balaban J connectivity index is 4.11. The normalized spacial score (nSPS) is 14.6. The summed E-state index contributed by atoms with van der Waals surface area (Å²) in [5.74, 6) is 4.38. The van der Waals surface area contributed by atoms with E-state index in [9.17, 15) is 0 Å². The van der Waals surface area contributed by atoms with Crippen LogP contribution in [0.4, 0.5) is 0 Å². The topological polar surface area (TPSA) is 0 Å². The van der Waals surface area contributed by atoms with Gasteiger partial charge in [0.1, 0.15) is 0 Å². The van der Waals surface area contributed by atoms with Gasteiger partial charge in [0.2, 0.25) is 0 Å². The molecule has 0 bridgehead atoms. The maximum Gasteiger partial charge on any atom is -0.0407 e. The van der Waals surface area contributed by atoms with Crippen molar-refractivity contribution in [1.29, 1.82) is 0 Å². The van der Waals surface area contributed by atoms with E-state index in [1.54, 1.807) is 0 Å². The molecule has 0 aliphatic carbocycles. The second-order valence-corrected chi connectivity index (χ2v) is 6.58. The lowest BCUT2D eigenvalue weighted by molar-refractivity contribution is 0.254. The van der Waals surface area contributed by atoms with Crippen LogP contribution in [0.3, 0.4) is 0 Å². The van der Waals surface area contributed by atoms with Gasteiger partial charge in [-0.3, -0.25) is 0 Å². The third kappa shape index (κ3) is 7.88. The van der Waals surface area contributed by atoms with Crippen molar-refractivity contribution < 1.29 is 0 Å². The highest BCUT2D eigenvalue weighted by Gasteiger charge is 2.17. The molecule has 0 N–H and O–H groups in total. The molecule has 0 heteroatoms. The Kier molecular flexibility index (Phi) is 7.30. The molecule has 0 radical (unpaired) electrons. The quantitative estimate of drug-likeness (QED) is 0.531. The molecule has 0 aromatic rings. The van der Waals surface area contributed by atoms with Gasteiger partial charge in [-0.25, -0.2) is 0 Å². The van der Waals surface area contributed by atoms with Crippen LogP contribution in [0.2, 0.25) is 0 Å². The molecule has 0 spiro atoms. The van der Waals surface area contributed by atoms with Crippen molar-refractivity contribution in [3.8, 4) is 0 Å². The van der Waals surface area contributed by atoms with Gasteiger partial charge in [-0.2, -0.15) is 0 Å². The van der Waals surface area contributed by atoms with Crippen molar-refractivity contribution in [2.45, 2.75) is 67.7 Å². The summed E-state index contributed by atoms with van der Waals surface area (Å²) in [6.45, 7) is 16.5. The van der Waals surface area contributed by atoms with Crippen molar-refractivity contribution in [3.63, 3.8) is 0 Å². The first-order valence-corrected chi connectivity index (χ1v) is 6.82. The van der Waals surface area contributed by atoms with Gasteiger partial charge in [0, 0.05) is 0 Å². The SMILES string of the molecule is CC(C)CC(CC(C)C)CC(C)C(C)C. The van der Waals surface area contributed by atoms with Crippen molar-refractivity contribution >= 4 is 0 Å². The third-order valence-electron chi connectivity index (χ3n) is 3.45. The van der Waals surface area contributed by atoms with E-state index in [4.69, 9.17) is 0 Å². The van der Waals surface area contributed by atoms with Crippen molar-refractivity contribution in [3.05, 3.63) is 0 Å².